The van der Waals surface area contributed by atoms with Gasteiger partial charge in [0.25, 0.3) is 11.6 Å². The third-order valence-corrected chi connectivity index (χ3v) is 5.10. The van der Waals surface area contributed by atoms with Crippen molar-refractivity contribution in [3.63, 3.8) is 0 Å². The summed E-state index contributed by atoms with van der Waals surface area (Å²) in [6, 6.07) is 22.8. The zero-order chi connectivity index (χ0) is 22.5. The first-order valence-electron chi connectivity index (χ1n) is 9.50. The molecule has 32 heavy (non-hydrogen) atoms. The second kappa shape index (κ2) is 9.36. The van der Waals surface area contributed by atoms with E-state index in [0.717, 1.165) is 15.7 Å². The Bertz CT molecular complexity index is 1300. The molecule has 0 radical (unpaired) electrons. The van der Waals surface area contributed by atoms with E-state index in [2.05, 4.69) is 31.6 Å². The molecule has 9 heteroatoms. The van der Waals surface area contributed by atoms with Crippen LogP contribution in [0.3, 0.4) is 0 Å². The Morgan fingerprint density at radius 1 is 1.06 bits per heavy atom. The minimum atomic E-state index is -0.553. The summed E-state index contributed by atoms with van der Waals surface area (Å²) in [5, 5.41) is 19.7. The molecule has 8 nitrogen and oxygen atoms in total. The van der Waals surface area contributed by atoms with Gasteiger partial charge in [-0.25, -0.2) is 10.1 Å². The first kappa shape index (κ1) is 21.1. The SMILES string of the molecule is O=C(NN=Cc1cn(-c2ccccc2)nc1-c1ccc(Br)cc1)c1cccc([N+](=O)[O-])c1. The van der Waals surface area contributed by atoms with Gasteiger partial charge in [0.2, 0.25) is 0 Å². The van der Waals surface area contributed by atoms with E-state index in [9.17, 15) is 14.9 Å². The fourth-order valence-electron chi connectivity index (χ4n) is 3.01. The number of carbonyl (C=O) groups excluding carboxylic acids is 1. The number of para-hydroxylation sites is 1. The van der Waals surface area contributed by atoms with Crippen molar-refractivity contribution in [3.8, 4) is 16.9 Å². The van der Waals surface area contributed by atoms with E-state index in [0.29, 0.717) is 11.3 Å². The summed E-state index contributed by atoms with van der Waals surface area (Å²) in [4.78, 5) is 22.7. The number of non-ortho nitro benzene ring substituents is 1. The van der Waals surface area contributed by atoms with E-state index in [1.54, 1.807) is 4.68 Å². The monoisotopic (exact) mass is 489 g/mol. The van der Waals surface area contributed by atoms with Crippen LogP contribution >= 0.6 is 15.9 Å². The predicted molar refractivity (Wildman–Crippen MR) is 125 cm³/mol. The highest BCUT2D eigenvalue weighted by atomic mass is 79.9. The molecule has 0 bridgehead atoms. The van der Waals surface area contributed by atoms with Crippen molar-refractivity contribution in [3.05, 3.63) is 111 Å². The number of benzene rings is 3. The summed E-state index contributed by atoms with van der Waals surface area (Å²) in [7, 11) is 0. The molecule has 1 aromatic heterocycles. The minimum Gasteiger partial charge on any atom is -0.267 e. The molecule has 0 unspecified atom stereocenters. The molecule has 1 amide bonds. The van der Waals surface area contributed by atoms with Crippen LogP contribution in [0.15, 0.2) is 94.6 Å². The van der Waals surface area contributed by atoms with Gasteiger partial charge in [-0.3, -0.25) is 14.9 Å². The standard InChI is InChI=1S/C23H16BrN5O3/c24-19-11-9-16(10-12-19)22-18(15-28(27-22)20-6-2-1-3-7-20)14-25-26-23(30)17-5-4-8-21(13-17)29(31)32/h1-15H,(H,26,30). The van der Waals surface area contributed by atoms with Crippen molar-refractivity contribution in [1.82, 2.24) is 15.2 Å². The normalized spacial score (nSPS) is 10.9. The van der Waals surface area contributed by atoms with Gasteiger partial charge in [0.1, 0.15) is 5.69 Å². The lowest BCUT2D eigenvalue weighted by molar-refractivity contribution is -0.384. The number of nitrogens with one attached hydrogen (secondary N) is 1. The van der Waals surface area contributed by atoms with Crippen LogP contribution in [-0.4, -0.2) is 26.8 Å². The first-order valence-corrected chi connectivity index (χ1v) is 10.3. The van der Waals surface area contributed by atoms with Gasteiger partial charge in [-0.15, -0.1) is 0 Å². The van der Waals surface area contributed by atoms with E-state index in [1.165, 1.54) is 30.5 Å². The fraction of sp³-hybridized carbons (Fsp3) is 0. The Hall–Kier alpha value is -4.11. The molecule has 1 heterocycles. The molecule has 0 aliphatic carbocycles. The Morgan fingerprint density at radius 3 is 2.53 bits per heavy atom. The van der Waals surface area contributed by atoms with Crippen LogP contribution in [0.25, 0.3) is 16.9 Å². The van der Waals surface area contributed by atoms with Gasteiger partial charge in [-0.2, -0.15) is 10.2 Å². The Morgan fingerprint density at radius 2 is 1.81 bits per heavy atom. The predicted octanol–water partition coefficient (Wildman–Crippen LogP) is 4.97. The molecule has 4 aromatic rings. The van der Waals surface area contributed by atoms with Crippen molar-refractivity contribution in [2.75, 3.05) is 0 Å². The van der Waals surface area contributed by atoms with E-state index in [-0.39, 0.29) is 11.3 Å². The molecule has 0 atom stereocenters. The van der Waals surface area contributed by atoms with Gasteiger partial charge in [-0.05, 0) is 30.3 Å². The van der Waals surface area contributed by atoms with Crippen molar-refractivity contribution >= 4 is 33.7 Å². The number of hydrazone groups is 1. The third-order valence-electron chi connectivity index (χ3n) is 4.57. The summed E-state index contributed by atoms with van der Waals surface area (Å²) < 4.78 is 2.68. The molecule has 0 aliphatic rings. The van der Waals surface area contributed by atoms with Crippen molar-refractivity contribution in [1.29, 1.82) is 0 Å². The summed E-state index contributed by atoms with van der Waals surface area (Å²) in [5.41, 5.74) is 5.54. The average molecular weight is 490 g/mol. The second-order valence-corrected chi connectivity index (χ2v) is 7.64. The summed E-state index contributed by atoms with van der Waals surface area (Å²) in [5.74, 6) is -0.550. The summed E-state index contributed by atoms with van der Waals surface area (Å²) in [6.07, 6.45) is 3.31. The lowest BCUT2D eigenvalue weighted by Crippen LogP contribution is -2.17. The number of nitro groups is 1. The Labute approximate surface area is 191 Å². The van der Waals surface area contributed by atoms with Gasteiger partial charge < -0.3 is 0 Å². The van der Waals surface area contributed by atoms with Crippen molar-refractivity contribution in [2.24, 2.45) is 5.10 Å². The summed E-state index contributed by atoms with van der Waals surface area (Å²) in [6.45, 7) is 0. The van der Waals surface area contributed by atoms with E-state index < -0.39 is 10.8 Å². The number of nitro benzene ring substituents is 1. The lowest BCUT2D eigenvalue weighted by Gasteiger charge is -2.01. The van der Waals surface area contributed by atoms with Crippen LogP contribution in [0.1, 0.15) is 15.9 Å². The van der Waals surface area contributed by atoms with E-state index in [4.69, 9.17) is 0 Å². The molecule has 0 aliphatic heterocycles. The van der Waals surface area contributed by atoms with Crippen LogP contribution < -0.4 is 5.43 Å². The van der Waals surface area contributed by atoms with Gasteiger partial charge in [0.05, 0.1) is 16.8 Å². The number of nitrogens with zero attached hydrogens (tertiary/aromatic N) is 4. The number of hydrogen-bond donors (Lipinski definition) is 1. The van der Waals surface area contributed by atoms with E-state index in [1.807, 2.05) is 60.8 Å². The first-order chi connectivity index (χ1) is 15.5. The second-order valence-electron chi connectivity index (χ2n) is 6.73. The lowest BCUT2D eigenvalue weighted by atomic mass is 10.1. The maximum atomic E-state index is 12.4. The summed E-state index contributed by atoms with van der Waals surface area (Å²) >= 11 is 3.43. The zero-order valence-corrected chi connectivity index (χ0v) is 18.1. The van der Waals surface area contributed by atoms with Gasteiger partial charge in [0.15, 0.2) is 0 Å². The van der Waals surface area contributed by atoms with Gasteiger partial charge in [-0.1, -0.05) is 52.3 Å². The van der Waals surface area contributed by atoms with Gasteiger partial charge in [0, 0.05) is 39.5 Å². The highest BCUT2D eigenvalue weighted by Crippen LogP contribution is 2.24. The number of carbonyl (C=O) groups is 1. The number of hydrogen-bond acceptors (Lipinski definition) is 5. The quantitative estimate of drug-likeness (QED) is 0.234. The molecule has 0 spiro atoms. The number of rotatable bonds is 6. The maximum Gasteiger partial charge on any atom is 0.271 e. The highest BCUT2D eigenvalue weighted by Gasteiger charge is 2.13. The average Bonchev–Trinajstić information content (AvgIpc) is 3.24. The maximum absolute atomic E-state index is 12.4. The topological polar surface area (TPSA) is 102 Å². The third kappa shape index (κ3) is 4.79. The van der Waals surface area contributed by atoms with E-state index >= 15 is 0 Å². The molecule has 0 saturated heterocycles. The smallest absolute Gasteiger partial charge is 0.267 e. The largest absolute Gasteiger partial charge is 0.271 e. The molecule has 4 rings (SSSR count). The van der Waals surface area contributed by atoms with Crippen LogP contribution in [-0.2, 0) is 0 Å². The Kier molecular flexibility index (Phi) is 6.18. The molecule has 0 fully saturated rings. The number of amides is 1. The molecule has 158 valence electrons. The number of aromatic nitrogens is 2. The van der Waals surface area contributed by atoms with Crippen LogP contribution in [0.4, 0.5) is 5.69 Å². The molecular weight excluding hydrogens is 474 g/mol. The molecule has 0 saturated carbocycles. The zero-order valence-electron chi connectivity index (χ0n) is 16.6. The molecule has 1 N–H and O–H groups in total. The van der Waals surface area contributed by atoms with Crippen molar-refractivity contribution in [2.45, 2.75) is 0 Å². The van der Waals surface area contributed by atoms with Crippen LogP contribution in [0.5, 0.6) is 0 Å². The van der Waals surface area contributed by atoms with Crippen molar-refractivity contribution < 1.29 is 9.72 Å². The van der Waals surface area contributed by atoms with Crippen LogP contribution in [0, 0.1) is 10.1 Å². The Balaban J connectivity index is 1.62. The number of halogens is 1. The minimum absolute atomic E-state index is 0.143. The highest BCUT2D eigenvalue weighted by molar-refractivity contribution is 9.10. The molecule has 3 aromatic carbocycles. The van der Waals surface area contributed by atoms with Gasteiger partial charge >= 0.3 is 0 Å². The fourth-order valence-corrected chi connectivity index (χ4v) is 3.28. The van der Waals surface area contributed by atoms with Crippen LogP contribution in [0.2, 0.25) is 0 Å². The molecular formula is C23H16BrN5O3.